The second kappa shape index (κ2) is 11.1. The molecule has 0 bridgehead atoms. The lowest BCUT2D eigenvalue weighted by atomic mass is 10.1. The van der Waals surface area contributed by atoms with Crippen LogP contribution in [0, 0.1) is 0 Å². The normalized spacial score (nSPS) is 15.7. The minimum absolute atomic E-state index is 0.0370. The first-order valence-corrected chi connectivity index (χ1v) is 12.4. The van der Waals surface area contributed by atoms with Gasteiger partial charge in [0.2, 0.25) is 0 Å². The molecule has 0 fully saturated rings. The van der Waals surface area contributed by atoms with Crippen LogP contribution in [-0.4, -0.2) is 57.9 Å². The van der Waals surface area contributed by atoms with Gasteiger partial charge in [0, 0.05) is 31.7 Å². The number of sulfonamides is 2. The molecule has 0 aliphatic carbocycles. The van der Waals surface area contributed by atoms with Crippen molar-refractivity contribution in [2.45, 2.75) is 56.3 Å². The topological polar surface area (TPSA) is 95.6 Å². The van der Waals surface area contributed by atoms with E-state index in [0.717, 1.165) is 0 Å². The van der Waals surface area contributed by atoms with Gasteiger partial charge in [0.25, 0.3) is 0 Å². The minimum atomic E-state index is -5.65. The molecule has 0 spiro atoms. The summed E-state index contributed by atoms with van der Waals surface area (Å²) < 4.78 is 125. The summed E-state index contributed by atoms with van der Waals surface area (Å²) in [6, 6.07) is 5.92. The molecule has 0 heterocycles. The van der Waals surface area contributed by atoms with Crippen LogP contribution in [-0.2, 0) is 26.6 Å². The summed E-state index contributed by atoms with van der Waals surface area (Å²) >= 11 is 0. The second-order valence-corrected chi connectivity index (χ2v) is 10.4. The fourth-order valence-electron chi connectivity index (χ4n) is 2.74. The zero-order valence-electron chi connectivity index (χ0n) is 17.2. The molecule has 32 heavy (non-hydrogen) atoms. The van der Waals surface area contributed by atoms with Crippen LogP contribution in [0.2, 0.25) is 0 Å². The summed E-state index contributed by atoms with van der Waals surface area (Å²) in [5.74, 6) is 0. The molecule has 2 N–H and O–H groups in total. The Bertz CT molecular complexity index is 866. The van der Waals surface area contributed by atoms with Gasteiger partial charge in [-0.15, -0.1) is 0 Å². The minimum Gasteiger partial charge on any atom is -0.296 e. The molecule has 0 unspecified atom stereocenters. The van der Waals surface area contributed by atoms with Gasteiger partial charge in [0.05, 0.1) is 0 Å². The summed E-state index contributed by atoms with van der Waals surface area (Å²) in [6.45, 7) is 2.31. The van der Waals surface area contributed by atoms with Gasteiger partial charge in [-0.05, 0) is 18.4 Å². The number of rotatable bonds is 12. The van der Waals surface area contributed by atoms with E-state index in [0.29, 0.717) is 5.56 Å². The molecule has 0 saturated heterocycles. The Hall–Kier alpha value is -1.42. The van der Waals surface area contributed by atoms with Gasteiger partial charge in [0.15, 0.2) is 0 Å². The molecule has 7 nitrogen and oxygen atoms in total. The van der Waals surface area contributed by atoms with Crippen LogP contribution < -0.4 is 9.44 Å². The van der Waals surface area contributed by atoms with Gasteiger partial charge < -0.3 is 0 Å². The number of nitrogens with one attached hydrogen (secondary N) is 2. The van der Waals surface area contributed by atoms with E-state index >= 15 is 0 Å². The zero-order chi connectivity index (χ0) is 24.8. The van der Waals surface area contributed by atoms with Crippen molar-refractivity contribution >= 4 is 20.0 Å². The molecule has 0 aliphatic rings. The third-order valence-electron chi connectivity index (χ3n) is 4.44. The molecule has 0 aromatic heterocycles. The number of benzene rings is 1. The van der Waals surface area contributed by atoms with Crippen LogP contribution in [0.5, 0.6) is 0 Å². The Labute approximate surface area is 183 Å². The van der Waals surface area contributed by atoms with E-state index in [1.54, 1.807) is 39.8 Å². The molecular weight excluding hydrogens is 488 g/mol. The van der Waals surface area contributed by atoms with E-state index in [1.807, 2.05) is 0 Å². The van der Waals surface area contributed by atoms with Gasteiger partial charge >= 0.3 is 31.1 Å². The molecule has 2 atom stereocenters. The third-order valence-corrected chi connectivity index (χ3v) is 6.95. The lowest BCUT2D eigenvalue weighted by molar-refractivity contribution is -0.0456. The van der Waals surface area contributed by atoms with E-state index in [9.17, 15) is 43.2 Å². The number of alkyl halides is 6. The largest absolute Gasteiger partial charge is 0.511 e. The first kappa shape index (κ1) is 28.6. The Kier molecular flexibility index (Phi) is 9.96. The lowest BCUT2D eigenvalue weighted by Crippen LogP contribution is -2.51. The summed E-state index contributed by atoms with van der Waals surface area (Å²) in [6.07, 6.45) is -0.0999. The van der Waals surface area contributed by atoms with E-state index < -0.39 is 43.1 Å². The van der Waals surface area contributed by atoms with Crippen LogP contribution in [0.1, 0.15) is 32.3 Å². The summed E-state index contributed by atoms with van der Waals surface area (Å²) in [5.41, 5.74) is -10.4. The van der Waals surface area contributed by atoms with Crippen LogP contribution >= 0.6 is 0 Å². The fraction of sp³-hybridized carbons (Fsp3) is 0.647. The van der Waals surface area contributed by atoms with Crippen LogP contribution in [0.4, 0.5) is 26.3 Å². The van der Waals surface area contributed by atoms with Crippen molar-refractivity contribution in [1.82, 2.24) is 14.3 Å². The maximum absolute atomic E-state index is 12.7. The molecular formula is C17H25F6N3O4S2. The highest BCUT2D eigenvalue weighted by Crippen LogP contribution is 2.24. The fourth-order valence-corrected chi connectivity index (χ4v) is 4.37. The average molecular weight is 514 g/mol. The molecule has 0 radical (unpaired) electrons. The Balaban J connectivity index is 3.11. The van der Waals surface area contributed by atoms with Gasteiger partial charge in [0.1, 0.15) is 0 Å². The highest BCUT2D eigenvalue weighted by molar-refractivity contribution is 7.90. The van der Waals surface area contributed by atoms with Gasteiger partial charge in [-0.3, -0.25) is 4.90 Å². The molecule has 0 aliphatic heterocycles. The number of halogens is 6. The highest BCUT2D eigenvalue weighted by atomic mass is 32.2. The Morgan fingerprint density at radius 1 is 0.781 bits per heavy atom. The summed E-state index contributed by atoms with van der Waals surface area (Å²) in [7, 11) is -11.3. The van der Waals surface area contributed by atoms with E-state index in [1.165, 1.54) is 18.7 Å². The van der Waals surface area contributed by atoms with Gasteiger partial charge in [-0.1, -0.05) is 44.2 Å². The maximum atomic E-state index is 12.7. The quantitative estimate of drug-likeness (QED) is 0.419. The number of nitrogens with zero attached hydrogens (tertiary/aromatic N) is 1. The molecule has 15 heteroatoms. The summed E-state index contributed by atoms with van der Waals surface area (Å²) in [4.78, 5) is 1.40. The molecule has 0 amide bonds. The van der Waals surface area contributed by atoms with Gasteiger partial charge in [-0.25, -0.2) is 26.3 Å². The smallest absolute Gasteiger partial charge is 0.296 e. The monoisotopic (exact) mass is 513 g/mol. The number of hydrogen-bond acceptors (Lipinski definition) is 5. The van der Waals surface area contributed by atoms with Crippen molar-refractivity contribution < 1.29 is 43.2 Å². The lowest BCUT2D eigenvalue weighted by Gasteiger charge is -2.31. The van der Waals surface area contributed by atoms with Crippen LogP contribution in [0.15, 0.2) is 30.3 Å². The predicted molar refractivity (Wildman–Crippen MR) is 106 cm³/mol. The molecule has 1 aromatic rings. The first-order chi connectivity index (χ1) is 14.5. The van der Waals surface area contributed by atoms with Crippen molar-refractivity contribution in [3.05, 3.63) is 35.9 Å². The molecule has 1 aromatic carbocycles. The van der Waals surface area contributed by atoms with Crippen LogP contribution in [0.3, 0.4) is 0 Å². The zero-order valence-corrected chi connectivity index (χ0v) is 18.9. The Morgan fingerprint density at radius 3 is 1.47 bits per heavy atom. The summed E-state index contributed by atoms with van der Waals surface area (Å²) in [5, 5.41) is 0. The first-order valence-electron chi connectivity index (χ1n) is 9.45. The predicted octanol–water partition coefficient (Wildman–Crippen LogP) is 2.92. The average Bonchev–Trinajstić information content (AvgIpc) is 2.65. The second-order valence-electron chi connectivity index (χ2n) is 7.02. The third kappa shape index (κ3) is 8.50. The van der Waals surface area contributed by atoms with Crippen molar-refractivity contribution in [2.75, 3.05) is 13.1 Å². The molecule has 0 saturated carbocycles. The van der Waals surface area contributed by atoms with Crippen LogP contribution in [0.25, 0.3) is 0 Å². The molecule has 186 valence electrons. The van der Waals surface area contributed by atoms with Crippen molar-refractivity contribution in [3.63, 3.8) is 0 Å². The number of hydrogen-bond donors (Lipinski definition) is 2. The van der Waals surface area contributed by atoms with Gasteiger partial charge in [-0.2, -0.15) is 26.3 Å². The van der Waals surface area contributed by atoms with E-state index in [2.05, 4.69) is 0 Å². The standard InChI is InChI=1S/C17H25F6N3O4S2/c1-3-14(24-31(27,28)16(18,19)20)11-26(10-13-8-6-5-7-9-13)12-15(4-2)25-32(29,30)17(21,22)23/h5-9,14-15,24-25H,3-4,10-12H2,1-2H3/t14-,15-/m1/s1. The van der Waals surface area contributed by atoms with Crippen molar-refractivity contribution in [2.24, 2.45) is 0 Å². The van der Waals surface area contributed by atoms with E-state index in [4.69, 9.17) is 0 Å². The van der Waals surface area contributed by atoms with Crippen molar-refractivity contribution in [3.8, 4) is 0 Å². The maximum Gasteiger partial charge on any atom is 0.511 e. The van der Waals surface area contributed by atoms with E-state index in [-0.39, 0.29) is 32.5 Å². The SMILES string of the molecule is CC[C@H](CN(Cc1ccccc1)C[C@@H](CC)NS(=O)(=O)C(F)(F)F)NS(=O)(=O)C(F)(F)F. The molecule has 1 rings (SSSR count). The Morgan fingerprint density at radius 2 is 1.16 bits per heavy atom. The van der Waals surface area contributed by atoms with Crippen molar-refractivity contribution in [1.29, 1.82) is 0 Å². The highest BCUT2D eigenvalue weighted by Gasteiger charge is 2.48.